The van der Waals surface area contributed by atoms with Gasteiger partial charge in [-0.15, -0.1) is 0 Å². The van der Waals surface area contributed by atoms with Crippen LogP contribution in [-0.2, 0) is 6.54 Å². The largest absolute Gasteiger partial charge is 0.497 e. The van der Waals surface area contributed by atoms with Crippen LogP contribution in [0.3, 0.4) is 0 Å². The van der Waals surface area contributed by atoms with Crippen molar-refractivity contribution in [1.82, 2.24) is 4.90 Å². The first kappa shape index (κ1) is 15.5. The van der Waals surface area contributed by atoms with Crippen molar-refractivity contribution in [2.45, 2.75) is 32.9 Å². The standard InChI is InChI=1S/C14H22BrNO2/c1-5-16(10-14(2,3)17)9-11-8-12(18-4)6-7-13(11)15/h6-8,17H,5,9-10H2,1-4H3. The van der Waals surface area contributed by atoms with Gasteiger partial charge in [-0.25, -0.2) is 0 Å². The zero-order valence-electron chi connectivity index (χ0n) is 11.5. The summed E-state index contributed by atoms with van der Waals surface area (Å²) in [6.45, 7) is 8.09. The Morgan fingerprint density at radius 2 is 2.06 bits per heavy atom. The van der Waals surface area contributed by atoms with Crippen LogP contribution in [0, 0.1) is 0 Å². The number of nitrogens with zero attached hydrogens (tertiary/aromatic N) is 1. The fourth-order valence-electron chi connectivity index (χ4n) is 1.87. The first-order valence-corrected chi connectivity index (χ1v) is 6.92. The summed E-state index contributed by atoms with van der Waals surface area (Å²) in [5.74, 6) is 0.854. The molecule has 18 heavy (non-hydrogen) atoms. The van der Waals surface area contributed by atoms with Crippen molar-refractivity contribution in [3.05, 3.63) is 28.2 Å². The summed E-state index contributed by atoms with van der Waals surface area (Å²) in [5.41, 5.74) is 0.488. The second kappa shape index (κ2) is 6.55. The summed E-state index contributed by atoms with van der Waals surface area (Å²) in [4.78, 5) is 2.21. The van der Waals surface area contributed by atoms with Gasteiger partial charge in [-0.1, -0.05) is 22.9 Å². The van der Waals surface area contributed by atoms with Crippen LogP contribution in [-0.4, -0.2) is 35.8 Å². The number of hydrogen-bond acceptors (Lipinski definition) is 3. The van der Waals surface area contributed by atoms with Crippen molar-refractivity contribution in [2.24, 2.45) is 0 Å². The molecule has 1 N–H and O–H groups in total. The van der Waals surface area contributed by atoms with E-state index in [1.165, 1.54) is 5.56 Å². The van der Waals surface area contributed by atoms with Crippen molar-refractivity contribution in [3.63, 3.8) is 0 Å². The second-order valence-electron chi connectivity index (χ2n) is 5.07. The van der Waals surface area contributed by atoms with Gasteiger partial charge in [0.15, 0.2) is 0 Å². The summed E-state index contributed by atoms with van der Waals surface area (Å²) in [5, 5.41) is 9.89. The van der Waals surface area contributed by atoms with E-state index in [4.69, 9.17) is 4.74 Å². The minimum atomic E-state index is -0.679. The van der Waals surface area contributed by atoms with Crippen molar-refractivity contribution in [1.29, 1.82) is 0 Å². The first-order valence-electron chi connectivity index (χ1n) is 6.13. The molecule has 1 aromatic rings. The number of methoxy groups -OCH3 is 1. The van der Waals surface area contributed by atoms with Gasteiger partial charge in [-0.05, 0) is 44.2 Å². The summed E-state index contributed by atoms with van der Waals surface area (Å²) in [6.07, 6.45) is 0. The quantitative estimate of drug-likeness (QED) is 0.875. The molecule has 0 unspecified atom stereocenters. The monoisotopic (exact) mass is 315 g/mol. The maximum Gasteiger partial charge on any atom is 0.119 e. The third-order valence-corrected chi connectivity index (χ3v) is 3.48. The van der Waals surface area contributed by atoms with Crippen LogP contribution in [0.1, 0.15) is 26.3 Å². The Kier molecular flexibility index (Phi) is 5.63. The Morgan fingerprint density at radius 1 is 1.39 bits per heavy atom. The highest BCUT2D eigenvalue weighted by Crippen LogP contribution is 2.24. The highest BCUT2D eigenvalue weighted by molar-refractivity contribution is 9.10. The van der Waals surface area contributed by atoms with E-state index in [2.05, 4.69) is 27.8 Å². The molecule has 0 aliphatic heterocycles. The number of likely N-dealkylation sites (N-methyl/N-ethyl adjacent to an activating group) is 1. The zero-order chi connectivity index (χ0) is 13.8. The maximum atomic E-state index is 9.89. The Morgan fingerprint density at radius 3 is 2.56 bits per heavy atom. The lowest BCUT2D eigenvalue weighted by atomic mass is 10.1. The van der Waals surface area contributed by atoms with Gasteiger partial charge >= 0.3 is 0 Å². The lowest BCUT2D eigenvalue weighted by Gasteiger charge is -2.28. The second-order valence-corrected chi connectivity index (χ2v) is 5.93. The first-order chi connectivity index (χ1) is 8.35. The van der Waals surface area contributed by atoms with Gasteiger partial charge in [0.05, 0.1) is 12.7 Å². The number of ether oxygens (including phenoxy) is 1. The summed E-state index contributed by atoms with van der Waals surface area (Å²) in [6, 6.07) is 5.95. The van der Waals surface area contributed by atoms with Crippen molar-refractivity contribution >= 4 is 15.9 Å². The number of halogens is 1. The molecule has 0 fully saturated rings. The molecule has 0 saturated heterocycles. The van der Waals surface area contributed by atoms with Crippen LogP contribution in [0.25, 0.3) is 0 Å². The molecule has 0 radical (unpaired) electrons. The van der Waals surface area contributed by atoms with Gasteiger partial charge < -0.3 is 9.84 Å². The maximum absolute atomic E-state index is 9.89. The van der Waals surface area contributed by atoms with Gasteiger partial charge in [0.1, 0.15) is 5.75 Å². The van der Waals surface area contributed by atoms with Crippen LogP contribution < -0.4 is 4.74 Å². The summed E-state index contributed by atoms with van der Waals surface area (Å²) in [7, 11) is 1.67. The molecule has 0 bridgehead atoms. The minimum Gasteiger partial charge on any atom is -0.497 e. The third-order valence-electron chi connectivity index (χ3n) is 2.70. The molecule has 1 rings (SSSR count). The van der Waals surface area contributed by atoms with E-state index in [9.17, 15) is 5.11 Å². The summed E-state index contributed by atoms with van der Waals surface area (Å²) >= 11 is 3.55. The Hall–Kier alpha value is -0.580. The molecule has 0 aliphatic rings. The van der Waals surface area contributed by atoms with Crippen molar-refractivity contribution in [3.8, 4) is 5.75 Å². The molecule has 0 spiro atoms. The van der Waals surface area contributed by atoms with E-state index < -0.39 is 5.60 Å². The molecule has 0 amide bonds. The number of rotatable bonds is 6. The fraction of sp³-hybridized carbons (Fsp3) is 0.571. The molecule has 0 heterocycles. The van der Waals surface area contributed by atoms with E-state index in [1.54, 1.807) is 7.11 Å². The number of benzene rings is 1. The van der Waals surface area contributed by atoms with E-state index in [0.717, 1.165) is 23.3 Å². The lowest BCUT2D eigenvalue weighted by Crippen LogP contribution is -2.38. The predicted molar refractivity (Wildman–Crippen MR) is 77.9 cm³/mol. The Bertz CT molecular complexity index is 388. The molecule has 1 aromatic carbocycles. The van der Waals surface area contributed by atoms with E-state index in [-0.39, 0.29) is 0 Å². The van der Waals surface area contributed by atoms with Crippen LogP contribution in [0.4, 0.5) is 0 Å². The summed E-state index contributed by atoms with van der Waals surface area (Å²) < 4.78 is 6.30. The van der Waals surface area contributed by atoms with E-state index in [1.807, 2.05) is 32.0 Å². The van der Waals surface area contributed by atoms with Crippen LogP contribution in [0.15, 0.2) is 22.7 Å². The highest BCUT2D eigenvalue weighted by Gasteiger charge is 2.18. The van der Waals surface area contributed by atoms with Crippen LogP contribution in [0.5, 0.6) is 5.75 Å². The molecule has 0 aromatic heterocycles. The van der Waals surface area contributed by atoms with Crippen molar-refractivity contribution in [2.75, 3.05) is 20.2 Å². The topological polar surface area (TPSA) is 32.7 Å². The molecule has 3 nitrogen and oxygen atoms in total. The lowest BCUT2D eigenvalue weighted by molar-refractivity contribution is 0.0353. The molecule has 0 saturated carbocycles. The average Bonchev–Trinajstić information content (AvgIpc) is 2.29. The van der Waals surface area contributed by atoms with Crippen LogP contribution >= 0.6 is 15.9 Å². The number of aliphatic hydroxyl groups is 1. The zero-order valence-corrected chi connectivity index (χ0v) is 13.1. The average molecular weight is 316 g/mol. The SMILES string of the molecule is CCN(Cc1cc(OC)ccc1Br)CC(C)(C)O. The van der Waals surface area contributed by atoms with Gasteiger partial charge in [0, 0.05) is 17.6 Å². The normalized spacial score (nSPS) is 11.9. The van der Waals surface area contributed by atoms with Crippen molar-refractivity contribution < 1.29 is 9.84 Å². The smallest absolute Gasteiger partial charge is 0.119 e. The minimum absolute atomic E-state index is 0.646. The Balaban J connectivity index is 2.81. The molecule has 102 valence electrons. The molecule has 0 aliphatic carbocycles. The molecular formula is C14H22BrNO2. The van der Waals surface area contributed by atoms with Gasteiger partial charge in [-0.3, -0.25) is 4.90 Å². The molecule has 0 atom stereocenters. The Labute approximate surface area is 118 Å². The van der Waals surface area contributed by atoms with Gasteiger partial charge in [-0.2, -0.15) is 0 Å². The van der Waals surface area contributed by atoms with E-state index >= 15 is 0 Å². The molecule has 4 heteroatoms. The third kappa shape index (κ3) is 4.96. The van der Waals surface area contributed by atoms with E-state index in [0.29, 0.717) is 6.54 Å². The fourth-order valence-corrected chi connectivity index (χ4v) is 2.24. The number of hydrogen-bond donors (Lipinski definition) is 1. The molecular weight excluding hydrogens is 294 g/mol. The highest BCUT2D eigenvalue weighted by atomic mass is 79.9. The van der Waals surface area contributed by atoms with Gasteiger partial charge in [0.2, 0.25) is 0 Å². The predicted octanol–water partition coefficient (Wildman–Crippen LogP) is 3.05. The van der Waals surface area contributed by atoms with Crippen LogP contribution in [0.2, 0.25) is 0 Å². The van der Waals surface area contributed by atoms with Gasteiger partial charge in [0.25, 0.3) is 0 Å².